The number of pyridine rings is 2. The van der Waals surface area contributed by atoms with E-state index in [-0.39, 0.29) is 41.0 Å². The van der Waals surface area contributed by atoms with E-state index in [9.17, 15) is 18.0 Å². The van der Waals surface area contributed by atoms with Crippen LogP contribution in [0, 0.1) is 17.5 Å². The molecule has 5 nitrogen and oxygen atoms in total. The van der Waals surface area contributed by atoms with Gasteiger partial charge >= 0.3 is 0 Å². The van der Waals surface area contributed by atoms with Gasteiger partial charge in [0.2, 0.25) is 0 Å². The minimum atomic E-state index is -0.814. The average Bonchev–Trinajstić information content (AvgIpc) is 3.02. The topological polar surface area (TPSA) is 64.2 Å². The Morgan fingerprint density at radius 2 is 1.89 bits per heavy atom. The SMILES string of the molecule is Cl.NC1CCN(c2nc3c(cc2F)c(=O)ccn3-c2ccc(F)cc2F)C1. The fourth-order valence-electron chi connectivity index (χ4n) is 3.21. The molecule has 0 saturated carbocycles. The quantitative estimate of drug-likeness (QED) is 0.723. The van der Waals surface area contributed by atoms with Gasteiger partial charge in [0, 0.05) is 37.5 Å². The van der Waals surface area contributed by atoms with Crippen LogP contribution < -0.4 is 16.1 Å². The van der Waals surface area contributed by atoms with E-state index >= 15 is 0 Å². The van der Waals surface area contributed by atoms with E-state index in [2.05, 4.69) is 4.98 Å². The average molecular weight is 397 g/mol. The Kier molecular flexibility index (Phi) is 5.12. The van der Waals surface area contributed by atoms with Crippen molar-refractivity contribution in [2.24, 2.45) is 5.73 Å². The van der Waals surface area contributed by atoms with E-state index in [0.717, 1.165) is 18.2 Å². The first-order chi connectivity index (χ1) is 12.4. The molecule has 1 fully saturated rings. The van der Waals surface area contributed by atoms with Crippen LogP contribution in [0.15, 0.2) is 41.3 Å². The molecule has 1 saturated heterocycles. The predicted octanol–water partition coefficient (Wildman–Crippen LogP) is 2.76. The summed E-state index contributed by atoms with van der Waals surface area (Å²) >= 11 is 0. The second-order valence-corrected chi connectivity index (χ2v) is 6.31. The van der Waals surface area contributed by atoms with Crippen LogP contribution in [0.5, 0.6) is 0 Å². The van der Waals surface area contributed by atoms with Gasteiger partial charge in [0.15, 0.2) is 22.7 Å². The summed E-state index contributed by atoms with van der Waals surface area (Å²) in [5.74, 6) is -2.11. The summed E-state index contributed by atoms with van der Waals surface area (Å²) in [7, 11) is 0. The summed E-state index contributed by atoms with van der Waals surface area (Å²) in [4.78, 5) is 18.1. The van der Waals surface area contributed by atoms with Crippen molar-refractivity contribution in [3.8, 4) is 5.69 Å². The van der Waals surface area contributed by atoms with Crippen LogP contribution in [-0.4, -0.2) is 28.7 Å². The molecule has 1 aliphatic heterocycles. The zero-order valence-electron chi connectivity index (χ0n) is 14.0. The highest BCUT2D eigenvalue weighted by molar-refractivity contribution is 5.85. The van der Waals surface area contributed by atoms with Crippen LogP contribution >= 0.6 is 12.4 Å². The highest BCUT2D eigenvalue weighted by atomic mass is 35.5. The van der Waals surface area contributed by atoms with Crippen LogP contribution in [-0.2, 0) is 0 Å². The van der Waals surface area contributed by atoms with E-state index in [0.29, 0.717) is 19.5 Å². The molecule has 3 heterocycles. The second-order valence-electron chi connectivity index (χ2n) is 6.31. The van der Waals surface area contributed by atoms with E-state index < -0.39 is 22.9 Å². The maximum atomic E-state index is 14.5. The van der Waals surface area contributed by atoms with Crippen molar-refractivity contribution in [1.82, 2.24) is 9.55 Å². The Labute approximate surface area is 158 Å². The summed E-state index contributed by atoms with van der Waals surface area (Å²) in [5, 5.41) is 0.0148. The highest BCUT2D eigenvalue weighted by Crippen LogP contribution is 2.26. The van der Waals surface area contributed by atoms with E-state index in [1.165, 1.54) is 22.9 Å². The minimum Gasteiger partial charge on any atom is -0.353 e. The van der Waals surface area contributed by atoms with Crippen molar-refractivity contribution in [3.05, 3.63) is 64.2 Å². The number of nitrogens with zero attached hydrogens (tertiary/aromatic N) is 3. The lowest BCUT2D eigenvalue weighted by molar-refractivity contribution is 0.578. The third-order valence-corrected chi connectivity index (χ3v) is 4.50. The fourth-order valence-corrected chi connectivity index (χ4v) is 3.21. The minimum absolute atomic E-state index is 0. The molecule has 1 unspecified atom stereocenters. The van der Waals surface area contributed by atoms with Crippen molar-refractivity contribution >= 4 is 29.3 Å². The Morgan fingerprint density at radius 1 is 1.11 bits per heavy atom. The number of halogens is 4. The summed E-state index contributed by atoms with van der Waals surface area (Å²) in [5.41, 5.74) is 5.55. The third-order valence-electron chi connectivity index (χ3n) is 4.50. The molecule has 3 aromatic rings. The predicted molar refractivity (Wildman–Crippen MR) is 99.3 cm³/mol. The number of hydrogen-bond acceptors (Lipinski definition) is 4. The lowest BCUT2D eigenvalue weighted by atomic mass is 10.2. The van der Waals surface area contributed by atoms with Crippen molar-refractivity contribution in [2.75, 3.05) is 18.0 Å². The second kappa shape index (κ2) is 7.21. The fraction of sp³-hybridized carbons (Fsp3) is 0.222. The molecule has 1 atom stereocenters. The number of anilines is 1. The van der Waals surface area contributed by atoms with Crippen molar-refractivity contribution < 1.29 is 13.2 Å². The van der Waals surface area contributed by atoms with Crippen molar-refractivity contribution in [3.63, 3.8) is 0 Å². The van der Waals surface area contributed by atoms with E-state index in [1.807, 2.05) is 0 Å². The standard InChI is InChI=1S/C18H15F3N4O.ClH/c19-10-1-2-15(13(20)7-10)25-6-4-16(26)12-8-14(21)18(23-17(12)25)24-5-3-11(22)9-24;/h1-2,4,6-8,11H,3,5,9,22H2;1H. The van der Waals surface area contributed by atoms with Gasteiger partial charge in [-0.15, -0.1) is 12.4 Å². The first-order valence-electron chi connectivity index (χ1n) is 8.12. The molecule has 2 N–H and O–H groups in total. The van der Waals surface area contributed by atoms with Crippen LogP contribution in [0.4, 0.5) is 19.0 Å². The van der Waals surface area contributed by atoms with Crippen LogP contribution in [0.1, 0.15) is 6.42 Å². The lowest BCUT2D eigenvalue weighted by Gasteiger charge is -2.19. The normalized spacial score (nSPS) is 16.6. The van der Waals surface area contributed by atoms with E-state index in [1.54, 1.807) is 4.90 Å². The molecule has 0 bridgehead atoms. The molecule has 0 spiro atoms. The zero-order valence-corrected chi connectivity index (χ0v) is 14.8. The first-order valence-corrected chi connectivity index (χ1v) is 8.12. The Morgan fingerprint density at radius 3 is 2.56 bits per heavy atom. The van der Waals surface area contributed by atoms with Crippen molar-refractivity contribution in [1.29, 1.82) is 0 Å². The number of fused-ring (bicyclic) bond motifs is 1. The molecule has 1 aliphatic rings. The monoisotopic (exact) mass is 396 g/mol. The lowest BCUT2D eigenvalue weighted by Crippen LogP contribution is -2.28. The van der Waals surface area contributed by atoms with Crippen LogP contribution in [0.25, 0.3) is 16.7 Å². The molecular weight excluding hydrogens is 381 g/mol. The first kappa shape index (κ1) is 19.2. The zero-order chi connectivity index (χ0) is 18.4. The van der Waals surface area contributed by atoms with E-state index in [4.69, 9.17) is 5.73 Å². The molecule has 0 amide bonds. The maximum Gasteiger partial charge on any atom is 0.191 e. The molecule has 142 valence electrons. The Balaban J connectivity index is 0.00000210. The number of rotatable bonds is 2. The number of aromatic nitrogens is 2. The Bertz CT molecular complexity index is 1070. The summed E-state index contributed by atoms with van der Waals surface area (Å²) in [6, 6.07) is 5.29. The highest BCUT2D eigenvalue weighted by Gasteiger charge is 2.24. The number of hydrogen-bond donors (Lipinski definition) is 1. The van der Waals surface area contributed by atoms with Gasteiger partial charge in [-0.05, 0) is 24.6 Å². The molecular formula is C18H16ClF3N4O. The van der Waals surface area contributed by atoms with Crippen LogP contribution in [0.2, 0.25) is 0 Å². The molecule has 2 aromatic heterocycles. The van der Waals surface area contributed by atoms with Crippen LogP contribution in [0.3, 0.4) is 0 Å². The van der Waals surface area contributed by atoms with Gasteiger partial charge in [0.1, 0.15) is 11.6 Å². The molecule has 9 heteroatoms. The smallest absolute Gasteiger partial charge is 0.191 e. The van der Waals surface area contributed by atoms with Gasteiger partial charge in [0.25, 0.3) is 0 Å². The molecule has 1 aromatic carbocycles. The Hall–Kier alpha value is -2.58. The molecule has 4 rings (SSSR count). The van der Waals surface area contributed by atoms with Crippen molar-refractivity contribution in [2.45, 2.75) is 12.5 Å². The summed E-state index contributed by atoms with van der Waals surface area (Å²) < 4.78 is 43.3. The van der Waals surface area contributed by atoms with Gasteiger partial charge in [-0.25, -0.2) is 18.2 Å². The molecule has 0 radical (unpaired) electrons. The third kappa shape index (κ3) is 3.38. The number of benzene rings is 1. The summed E-state index contributed by atoms with van der Waals surface area (Å²) in [6.07, 6.45) is 2.04. The largest absolute Gasteiger partial charge is 0.353 e. The van der Waals surface area contributed by atoms with Gasteiger partial charge in [-0.1, -0.05) is 0 Å². The van der Waals surface area contributed by atoms with Gasteiger partial charge < -0.3 is 10.6 Å². The van der Waals surface area contributed by atoms with Gasteiger partial charge in [-0.2, -0.15) is 0 Å². The molecule has 27 heavy (non-hydrogen) atoms. The summed E-state index contributed by atoms with van der Waals surface area (Å²) in [6.45, 7) is 0.982. The maximum absolute atomic E-state index is 14.5. The number of nitrogens with two attached hydrogens (primary N) is 1. The van der Waals surface area contributed by atoms with Gasteiger partial charge in [0.05, 0.1) is 11.1 Å². The van der Waals surface area contributed by atoms with Gasteiger partial charge in [-0.3, -0.25) is 9.36 Å². The molecule has 0 aliphatic carbocycles.